The summed E-state index contributed by atoms with van der Waals surface area (Å²) in [6.07, 6.45) is 0.993. The molecule has 0 aliphatic rings. The van der Waals surface area contributed by atoms with Crippen molar-refractivity contribution >= 4 is 17.6 Å². The molecule has 0 saturated heterocycles. The van der Waals surface area contributed by atoms with E-state index >= 15 is 0 Å². The fraction of sp³-hybridized carbons (Fsp3) is 0.188. The van der Waals surface area contributed by atoms with E-state index in [0.717, 1.165) is 17.1 Å². The molecule has 0 radical (unpaired) electrons. The molecule has 0 atom stereocenters. The Morgan fingerprint density at radius 1 is 1.23 bits per heavy atom. The summed E-state index contributed by atoms with van der Waals surface area (Å²) in [7, 11) is 0. The highest BCUT2D eigenvalue weighted by Gasteiger charge is 2.20. The van der Waals surface area contributed by atoms with Crippen LogP contribution in [0.5, 0.6) is 0 Å². The average Bonchev–Trinajstić information content (AvgIpc) is 2.52. The Labute approximate surface area is 132 Å². The largest absolute Gasteiger partial charge is 0.384 e. The van der Waals surface area contributed by atoms with Gasteiger partial charge >= 0.3 is 0 Å². The second-order valence-corrected chi connectivity index (χ2v) is 5.70. The number of nitrogens with two attached hydrogens (primary N) is 1. The van der Waals surface area contributed by atoms with E-state index in [1.807, 2.05) is 30.3 Å². The molecule has 0 bridgehead atoms. The van der Waals surface area contributed by atoms with Crippen LogP contribution in [-0.4, -0.2) is 10.7 Å². The maximum Gasteiger partial charge on any atom is 0.268 e. The predicted molar refractivity (Wildman–Crippen MR) is 87.4 cm³/mol. The Morgan fingerprint density at radius 3 is 2.55 bits per heavy atom. The van der Waals surface area contributed by atoms with Crippen molar-refractivity contribution in [2.45, 2.75) is 18.2 Å². The Kier molecular flexibility index (Phi) is 4.88. The Balaban J connectivity index is 2.81. The molecule has 0 unspecified atom stereocenters. The van der Waals surface area contributed by atoms with E-state index in [1.165, 1.54) is 0 Å². The first-order chi connectivity index (χ1) is 10.6. The van der Waals surface area contributed by atoms with Gasteiger partial charge in [0.25, 0.3) is 5.56 Å². The van der Waals surface area contributed by atoms with Gasteiger partial charge in [0, 0.05) is 10.5 Å². The quantitative estimate of drug-likeness (QED) is 0.844. The fourth-order valence-electron chi connectivity index (χ4n) is 2.12. The number of anilines is 1. The van der Waals surface area contributed by atoms with Crippen LogP contribution in [0.25, 0.3) is 11.1 Å². The SMILES string of the molecule is CCCSc1ccccc1-c1c(C#N)c(N)[nH]c(=O)c1C#N. The Hall–Kier alpha value is -2.70. The number of hydrogen-bond donors (Lipinski definition) is 2. The molecule has 5 nitrogen and oxygen atoms in total. The Morgan fingerprint density at radius 2 is 1.91 bits per heavy atom. The van der Waals surface area contributed by atoms with Crippen molar-refractivity contribution in [3.63, 3.8) is 0 Å². The second kappa shape index (κ2) is 6.84. The van der Waals surface area contributed by atoms with E-state index in [2.05, 4.69) is 11.9 Å². The molecule has 0 saturated carbocycles. The van der Waals surface area contributed by atoms with E-state index < -0.39 is 5.56 Å². The van der Waals surface area contributed by atoms with Crippen LogP contribution in [0.1, 0.15) is 24.5 Å². The lowest BCUT2D eigenvalue weighted by Crippen LogP contribution is -2.16. The van der Waals surface area contributed by atoms with Gasteiger partial charge in [0.15, 0.2) is 0 Å². The minimum atomic E-state index is -0.579. The first kappa shape index (κ1) is 15.7. The predicted octanol–water partition coefficient (Wildman–Crippen LogP) is 2.87. The number of pyridine rings is 1. The van der Waals surface area contributed by atoms with Crippen molar-refractivity contribution in [3.8, 4) is 23.3 Å². The first-order valence-corrected chi connectivity index (χ1v) is 7.70. The van der Waals surface area contributed by atoms with Crippen molar-refractivity contribution in [2.75, 3.05) is 11.5 Å². The van der Waals surface area contributed by atoms with Crippen molar-refractivity contribution in [3.05, 3.63) is 45.7 Å². The molecule has 6 heteroatoms. The van der Waals surface area contributed by atoms with Crippen LogP contribution in [0.15, 0.2) is 34.0 Å². The number of nitriles is 2. The van der Waals surface area contributed by atoms with Crippen molar-refractivity contribution < 1.29 is 0 Å². The smallest absolute Gasteiger partial charge is 0.268 e. The number of aromatic nitrogens is 1. The summed E-state index contributed by atoms with van der Waals surface area (Å²) < 4.78 is 0. The third-order valence-electron chi connectivity index (χ3n) is 3.09. The lowest BCUT2D eigenvalue weighted by atomic mass is 9.97. The standard InChI is InChI=1S/C16H14N4OS/c1-2-7-22-13-6-4-3-5-10(13)14-11(8-17)15(19)20-16(21)12(14)9-18/h3-6H,2,7H2,1H3,(H3,19,20,21). The van der Waals surface area contributed by atoms with Crippen LogP contribution in [-0.2, 0) is 0 Å². The van der Waals surface area contributed by atoms with Crippen molar-refractivity contribution in [2.24, 2.45) is 0 Å². The van der Waals surface area contributed by atoms with Gasteiger partial charge in [0.05, 0.1) is 0 Å². The molecule has 0 amide bonds. The normalized spacial score (nSPS) is 9.95. The molecule has 3 N–H and O–H groups in total. The van der Waals surface area contributed by atoms with Crippen LogP contribution in [0.2, 0.25) is 0 Å². The number of aromatic amines is 1. The van der Waals surface area contributed by atoms with Gasteiger partial charge in [0.2, 0.25) is 0 Å². The van der Waals surface area contributed by atoms with E-state index in [1.54, 1.807) is 17.8 Å². The molecule has 2 rings (SSSR count). The van der Waals surface area contributed by atoms with Gasteiger partial charge < -0.3 is 10.7 Å². The molecule has 22 heavy (non-hydrogen) atoms. The maximum atomic E-state index is 12.0. The molecule has 1 heterocycles. The maximum absolute atomic E-state index is 12.0. The molecular formula is C16H14N4OS. The van der Waals surface area contributed by atoms with Crippen LogP contribution in [0.4, 0.5) is 5.82 Å². The number of thioether (sulfide) groups is 1. The third kappa shape index (κ3) is 2.83. The Bertz CT molecular complexity index is 843. The van der Waals surface area contributed by atoms with Gasteiger partial charge in [-0.15, -0.1) is 11.8 Å². The lowest BCUT2D eigenvalue weighted by molar-refractivity contribution is 1.10. The summed E-state index contributed by atoms with van der Waals surface area (Å²) in [5, 5.41) is 18.7. The summed E-state index contributed by atoms with van der Waals surface area (Å²) in [4.78, 5) is 15.3. The van der Waals surface area contributed by atoms with Gasteiger partial charge in [-0.1, -0.05) is 25.1 Å². The number of nitrogens with one attached hydrogen (secondary N) is 1. The number of hydrogen-bond acceptors (Lipinski definition) is 5. The number of nitrogens with zero attached hydrogens (tertiary/aromatic N) is 2. The summed E-state index contributed by atoms with van der Waals surface area (Å²) in [5.41, 5.74) is 6.21. The molecule has 0 aliphatic carbocycles. The zero-order valence-corrected chi connectivity index (χ0v) is 12.8. The monoisotopic (exact) mass is 310 g/mol. The van der Waals surface area contributed by atoms with Gasteiger partial charge in [0.1, 0.15) is 29.1 Å². The zero-order chi connectivity index (χ0) is 16.1. The zero-order valence-electron chi connectivity index (χ0n) is 12.0. The van der Waals surface area contributed by atoms with Gasteiger partial charge in [-0.2, -0.15) is 10.5 Å². The number of rotatable bonds is 4. The number of benzene rings is 1. The molecule has 2 aromatic rings. The number of H-pyrrole nitrogens is 1. The van der Waals surface area contributed by atoms with Gasteiger partial charge in [-0.05, 0) is 23.8 Å². The summed E-state index contributed by atoms with van der Waals surface area (Å²) in [6.45, 7) is 2.07. The van der Waals surface area contributed by atoms with Crippen LogP contribution >= 0.6 is 11.8 Å². The fourth-order valence-corrected chi connectivity index (χ4v) is 3.05. The summed E-state index contributed by atoms with van der Waals surface area (Å²) in [5.74, 6) is 0.885. The highest BCUT2D eigenvalue weighted by atomic mass is 32.2. The molecule has 1 aromatic heterocycles. The van der Waals surface area contributed by atoms with E-state index in [4.69, 9.17) is 5.73 Å². The topological polar surface area (TPSA) is 106 Å². The molecule has 0 aliphatic heterocycles. The van der Waals surface area contributed by atoms with E-state index in [-0.39, 0.29) is 16.9 Å². The van der Waals surface area contributed by atoms with Gasteiger partial charge in [-0.3, -0.25) is 4.79 Å². The summed E-state index contributed by atoms with van der Waals surface area (Å²) in [6, 6.07) is 11.3. The average molecular weight is 310 g/mol. The van der Waals surface area contributed by atoms with Gasteiger partial charge in [-0.25, -0.2) is 0 Å². The lowest BCUT2D eigenvalue weighted by Gasteiger charge is -2.12. The van der Waals surface area contributed by atoms with E-state index in [9.17, 15) is 15.3 Å². The molecule has 1 aromatic carbocycles. The minimum Gasteiger partial charge on any atom is -0.384 e. The van der Waals surface area contributed by atoms with Crippen molar-refractivity contribution in [1.29, 1.82) is 10.5 Å². The van der Waals surface area contributed by atoms with Crippen molar-refractivity contribution in [1.82, 2.24) is 4.98 Å². The van der Waals surface area contributed by atoms with Crippen LogP contribution in [0.3, 0.4) is 0 Å². The van der Waals surface area contributed by atoms with E-state index in [0.29, 0.717) is 11.1 Å². The molecular weight excluding hydrogens is 296 g/mol. The summed E-state index contributed by atoms with van der Waals surface area (Å²) >= 11 is 1.62. The first-order valence-electron chi connectivity index (χ1n) is 6.72. The minimum absolute atomic E-state index is 0.0169. The molecule has 110 valence electrons. The molecule has 0 fully saturated rings. The number of nitrogen functional groups attached to an aromatic ring is 1. The third-order valence-corrected chi connectivity index (χ3v) is 4.37. The molecule has 0 spiro atoms. The van der Waals surface area contributed by atoms with Crippen LogP contribution < -0.4 is 11.3 Å². The highest BCUT2D eigenvalue weighted by Crippen LogP contribution is 2.35. The highest BCUT2D eigenvalue weighted by molar-refractivity contribution is 7.99. The van der Waals surface area contributed by atoms with Crippen LogP contribution in [0, 0.1) is 22.7 Å². The second-order valence-electron chi connectivity index (χ2n) is 4.56.